The van der Waals surface area contributed by atoms with Crippen molar-refractivity contribution < 1.29 is 5.11 Å². The van der Waals surface area contributed by atoms with E-state index < -0.39 is 18.4 Å². The Labute approximate surface area is 154 Å². The molecule has 1 aromatic heterocycles. The number of aromatic nitrogens is 1. The van der Waals surface area contributed by atoms with Crippen LogP contribution in [0.2, 0.25) is 8.87 Å². The number of hydrogen-bond acceptors (Lipinski definition) is 2. The molecule has 3 aromatic rings. The van der Waals surface area contributed by atoms with Gasteiger partial charge >= 0.3 is 155 Å². The topological polar surface area (TPSA) is 33.1 Å². The van der Waals surface area contributed by atoms with E-state index in [1.807, 2.05) is 12.4 Å². The van der Waals surface area contributed by atoms with E-state index in [-0.39, 0.29) is 6.61 Å². The molecule has 25 heavy (non-hydrogen) atoms. The third kappa shape index (κ3) is 4.50. The van der Waals surface area contributed by atoms with Crippen LogP contribution in [0.5, 0.6) is 0 Å². The summed E-state index contributed by atoms with van der Waals surface area (Å²) in [7, 11) is 0. The fourth-order valence-corrected chi connectivity index (χ4v) is 17.6. The Morgan fingerprint density at radius 2 is 1.28 bits per heavy atom. The van der Waals surface area contributed by atoms with Gasteiger partial charge < -0.3 is 0 Å². The average molecular weight is 438 g/mol. The Kier molecular flexibility index (Phi) is 6.65. The molecule has 128 valence electrons. The molecule has 1 heterocycles. The quantitative estimate of drug-likeness (QED) is 0.548. The van der Waals surface area contributed by atoms with Crippen molar-refractivity contribution in [2.24, 2.45) is 0 Å². The molecule has 0 aliphatic carbocycles. The monoisotopic (exact) mass is 439 g/mol. The fourth-order valence-electron chi connectivity index (χ4n) is 3.67. The summed E-state index contributed by atoms with van der Waals surface area (Å²) in [6.07, 6.45) is 5.72. The van der Waals surface area contributed by atoms with Gasteiger partial charge in [0.25, 0.3) is 0 Å². The Bertz CT molecular complexity index is 707. The SMILES string of the molecule is OCC[CH2][Sn]([CH2]Cc1ccncc1)([c]1ccccc1)[c]1ccccc1. The summed E-state index contributed by atoms with van der Waals surface area (Å²) < 4.78 is 5.42. The van der Waals surface area contributed by atoms with Crippen molar-refractivity contribution in [3.8, 4) is 0 Å². The molecule has 1 N–H and O–H groups in total. The molecule has 0 saturated carbocycles. The number of aryl methyl sites for hydroxylation is 1. The zero-order valence-electron chi connectivity index (χ0n) is 14.5. The molecule has 0 fully saturated rings. The van der Waals surface area contributed by atoms with E-state index in [2.05, 4.69) is 77.8 Å². The van der Waals surface area contributed by atoms with E-state index >= 15 is 0 Å². The van der Waals surface area contributed by atoms with Gasteiger partial charge in [0.15, 0.2) is 0 Å². The molecule has 0 atom stereocenters. The number of nitrogens with zero attached hydrogens (tertiary/aromatic N) is 1. The van der Waals surface area contributed by atoms with Crippen LogP contribution in [0.4, 0.5) is 0 Å². The molecule has 2 aromatic carbocycles. The predicted molar refractivity (Wildman–Crippen MR) is 107 cm³/mol. The molecule has 0 aliphatic rings. The zero-order valence-corrected chi connectivity index (χ0v) is 17.4. The van der Waals surface area contributed by atoms with Gasteiger partial charge in [-0.05, 0) is 0 Å². The molecule has 3 rings (SSSR count). The number of hydrogen-bond donors (Lipinski definition) is 1. The van der Waals surface area contributed by atoms with Crippen LogP contribution in [0.1, 0.15) is 12.0 Å². The molecule has 0 unspecified atom stereocenters. The van der Waals surface area contributed by atoms with Crippen LogP contribution >= 0.6 is 0 Å². The first-order chi connectivity index (χ1) is 12.3. The second kappa shape index (κ2) is 9.16. The minimum absolute atomic E-state index is 0.271. The Balaban J connectivity index is 2.01. The molecule has 0 aliphatic heterocycles. The second-order valence-corrected chi connectivity index (χ2v) is 18.8. The molecular formula is C22H25NOSn. The molecule has 0 radical (unpaired) electrons. The standard InChI is InChI=1S/C7H8N.2C6H5.C3H7O.Sn/c1-2-7-3-5-8-6-4-7;2*1-2-4-6-5-3-1;1-2-3-4;/h3-6H,1-2H2;2*1-5H;4H,1-3H2;. The van der Waals surface area contributed by atoms with E-state index in [9.17, 15) is 5.11 Å². The third-order valence-electron chi connectivity index (χ3n) is 5.00. The van der Waals surface area contributed by atoms with Crippen LogP contribution in [0.25, 0.3) is 0 Å². The molecular weight excluding hydrogens is 413 g/mol. The summed E-state index contributed by atoms with van der Waals surface area (Å²) in [5.41, 5.74) is 1.35. The summed E-state index contributed by atoms with van der Waals surface area (Å²) in [4.78, 5) is 4.14. The van der Waals surface area contributed by atoms with Gasteiger partial charge in [0, 0.05) is 0 Å². The molecule has 0 spiro atoms. The maximum absolute atomic E-state index is 9.53. The summed E-state index contributed by atoms with van der Waals surface area (Å²) in [5.74, 6) is 0. The van der Waals surface area contributed by atoms with Crippen molar-refractivity contribution in [2.45, 2.75) is 21.7 Å². The van der Waals surface area contributed by atoms with Crippen LogP contribution in [0.3, 0.4) is 0 Å². The van der Waals surface area contributed by atoms with Crippen LogP contribution in [0.15, 0.2) is 85.2 Å². The predicted octanol–water partition coefficient (Wildman–Crippen LogP) is 3.27. The Morgan fingerprint density at radius 1 is 0.720 bits per heavy atom. The molecule has 0 saturated heterocycles. The zero-order chi connectivity index (χ0) is 17.4. The summed E-state index contributed by atoms with van der Waals surface area (Å²) in [6.45, 7) is 0.271. The molecule has 0 amide bonds. The van der Waals surface area contributed by atoms with E-state index in [1.165, 1.54) is 17.2 Å². The third-order valence-corrected chi connectivity index (χ3v) is 19.8. The number of pyridine rings is 1. The van der Waals surface area contributed by atoms with Crippen LogP contribution < -0.4 is 7.16 Å². The second-order valence-electron chi connectivity index (χ2n) is 6.50. The van der Waals surface area contributed by atoms with Crippen molar-refractivity contribution >= 4 is 25.5 Å². The van der Waals surface area contributed by atoms with Crippen molar-refractivity contribution in [3.63, 3.8) is 0 Å². The van der Waals surface area contributed by atoms with Crippen LogP contribution in [-0.4, -0.2) is 35.1 Å². The van der Waals surface area contributed by atoms with Crippen molar-refractivity contribution in [2.75, 3.05) is 6.61 Å². The van der Waals surface area contributed by atoms with Gasteiger partial charge in [0.2, 0.25) is 0 Å². The summed E-state index contributed by atoms with van der Waals surface area (Å²) in [6, 6.07) is 26.3. The summed E-state index contributed by atoms with van der Waals surface area (Å²) >= 11 is -2.88. The van der Waals surface area contributed by atoms with Gasteiger partial charge in [0.05, 0.1) is 0 Å². The first kappa shape index (κ1) is 18.1. The maximum atomic E-state index is 9.53. The first-order valence-electron chi connectivity index (χ1n) is 8.96. The van der Waals surface area contributed by atoms with Crippen molar-refractivity contribution in [3.05, 3.63) is 90.8 Å². The van der Waals surface area contributed by atoms with Gasteiger partial charge in [0.1, 0.15) is 0 Å². The van der Waals surface area contributed by atoms with E-state index in [0.29, 0.717) is 0 Å². The summed E-state index contributed by atoms with van der Waals surface area (Å²) in [5, 5.41) is 9.53. The molecule has 0 bridgehead atoms. The number of aliphatic hydroxyl groups excluding tert-OH is 1. The van der Waals surface area contributed by atoms with Crippen molar-refractivity contribution in [1.29, 1.82) is 0 Å². The van der Waals surface area contributed by atoms with E-state index in [0.717, 1.165) is 17.3 Å². The normalized spacial score (nSPS) is 11.4. The van der Waals surface area contributed by atoms with Crippen LogP contribution in [0, 0.1) is 0 Å². The number of aliphatic hydroxyl groups is 1. The molecule has 2 nitrogen and oxygen atoms in total. The number of benzene rings is 2. The van der Waals surface area contributed by atoms with Crippen LogP contribution in [-0.2, 0) is 6.42 Å². The Hall–Kier alpha value is -1.65. The number of rotatable bonds is 8. The van der Waals surface area contributed by atoms with Crippen molar-refractivity contribution in [1.82, 2.24) is 4.98 Å². The van der Waals surface area contributed by atoms with Gasteiger partial charge in [-0.3, -0.25) is 0 Å². The van der Waals surface area contributed by atoms with Gasteiger partial charge in [-0.15, -0.1) is 0 Å². The van der Waals surface area contributed by atoms with E-state index in [4.69, 9.17) is 0 Å². The average Bonchev–Trinajstić information content (AvgIpc) is 2.71. The minimum atomic E-state index is -2.88. The van der Waals surface area contributed by atoms with Gasteiger partial charge in [-0.2, -0.15) is 0 Å². The molecule has 3 heteroatoms. The van der Waals surface area contributed by atoms with Gasteiger partial charge in [-0.25, -0.2) is 0 Å². The van der Waals surface area contributed by atoms with E-state index in [1.54, 1.807) is 0 Å². The Morgan fingerprint density at radius 3 is 1.80 bits per heavy atom. The first-order valence-corrected chi connectivity index (χ1v) is 15.8. The fraction of sp³-hybridized carbons (Fsp3) is 0.227. The van der Waals surface area contributed by atoms with Gasteiger partial charge in [-0.1, -0.05) is 0 Å².